The van der Waals surface area contributed by atoms with Gasteiger partial charge in [-0.25, -0.2) is 18.2 Å². The number of fused-ring (bicyclic) bond motifs is 3. The molecule has 1 aromatic carbocycles. The first-order valence-corrected chi connectivity index (χ1v) is 20.6. The Morgan fingerprint density at radius 2 is 1.82 bits per heavy atom. The van der Waals surface area contributed by atoms with Crippen molar-refractivity contribution >= 4 is 44.6 Å². The van der Waals surface area contributed by atoms with E-state index in [1.165, 1.54) is 27.2 Å². The number of pyridine rings is 1. The molecule has 312 valence electrons. The molecule has 4 aliphatic rings. The molecule has 57 heavy (non-hydrogen) atoms. The molecule has 7 atom stereocenters. The smallest absolute Gasteiger partial charge is 0.411 e. The molecule has 3 heterocycles. The monoisotopic (exact) mass is 821 g/mol. The van der Waals surface area contributed by atoms with Crippen LogP contribution in [0.25, 0.3) is 10.8 Å². The predicted octanol–water partition coefficient (Wildman–Crippen LogP) is 5.17. The van der Waals surface area contributed by atoms with Crippen LogP contribution in [-0.2, 0) is 24.4 Å². The second-order valence-electron chi connectivity index (χ2n) is 16.8. The molecule has 4 amide bonds. The van der Waals surface area contributed by atoms with Crippen LogP contribution in [0.3, 0.4) is 0 Å². The quantitative estimate of drug-likeness (QED) is 0.301. The first-order valence-electron chi connectivity index (χ1n) is 19.1. The molecule has 0 bridgehead atoms. The number of sulfonamides is 1. The van der Waals surface area contributed by atoms with E-state index in [-0.39, 0.29) is 42.5 Å². The summed E-state index contributed by atoms with van der Waals surface area (Å²) in [5, 5.41) is 14.4. The Kier molecular flexibility index (Phi) is 11.0. The number of hydrogen-bond acceptors (Lipinski definition) is 9. The van der Waals surface area contributed by atoms with Gasteiger partial charge >= 0.3 is 12.3 Å². The first-order chi connectivity index (χ1) is 26.5. The number of nitrogens with zero attached hydrogens (tertiary/aromatic N) is 3. The van der Waals surface area contributed by atoms with Gasteiger partial charge in [-0.3, -0.25) is 24.0 Å². The minimum Gasteiger partial charge on any atom is -0.497 e. The van der Waals surface area contributed by atoms with Gasteiger partial charge in [-0.05, 0) is 101 Å². The number of benzene rings is 1. The summed E-state index contributed by atoms with van der Waals surface area (Å²) >= 11 is 0. The number of allylic oxidation sites excluding steroid dienone is 1. The van der Waals surface area contributed by atoms with E-state index in [9.17, 15) is 45.9 Å². The Morgan fingerprint density at radius 1 is 1.12 bits per heavy atom. The van der Waals surface area contributed by atoms with Crippen LogP contribution in [0.1, 0.15) is 79.6 Å². The topological polar surface area (TPSA) is 185 Å². The lowest BCUT2D eigenvalue weighted by Gasteiger charge is -2.45. The van der Waals surface area contributed by atoms with Crippen LogP contribution in [0.4, 0.5) is 18.0 Å². The summed E-state index contributed by atoms with van der Waals surface area (Å²) in [6.45, 7) is 5.93. The van der Waals surface area contributed by atoms with Crippen molar-refractivity contribution in [1.29, 1.82) is 0 Å². The summed E-state index contributed by atoms with van der Waals surface area (Å²) in [7, 11) is -2.60. The summed E-state index contributed by atoms with van der Waals surface area (Å²) in [6, 6.07) is 3.53. The lowest BCUT2D eigenvalue weighted by atomic mass is 9.85. The average Bonchev–Trinajstić information content (AvgIpc) is 4.01. The van der Waals surface area contributed by atoms with Crippen molar-refractivity contribution in [2.45, 2.75) is 120 Å². The third-order valence-corrected chi connectivity index (χ3v) is 14.4. The lowest BCUT2D eigenvalue weighted by molar-refractivity contribution is -0.222. The minimum absolute atomic E-state index is 0.0546. The van der Waals surface area contributed by atoms with Crippen LogP contribution in [0.2, 0.25) is 0 Å². The van der Waals surface area contributed by atoms with E-state index >= 15 is 0 Å². The lowest BCUT2D eigenvalue weighted by Crippen LogP contribution is -2.66. The van der Waals surface area contributed by atoms with Gasteiger partial charge in [-0.1, -0.05) is 26.0 Å². The molecule has 1 aromatic heterocycles. The van der Waals surface area contributed by atoms with E-state index < -0.39 is 85.9 Å². The highest BCUT2D eigenvalue weighted by Crippen LogP contribution is 2.48. The maximum absolute atomic E-state index is 15.0. The molecule has 0 radical (unpaired) electrons. The number of carbonyl (C=O) groups excluding carboxylic acids is 3. The van der Waals surface area contributed by atoms with E-state index in [2.05, 4.69) is 15.0 Å². The van der Waals surface area contributed by atoms with Gasteiger partial charge in [-0.2, -0.15) is 13.2 Å². The average molecular weight is 822 g/mol. The number of rotatable bonds is 8. The fourth-order valence-electron chi connectivity index (χ4n) is 8.09. The summed E-state index contributed by atoms with van der Waals surface area (Å²) in [6.07, 6.45) is -1.30. The number of alkyl halides is 3. The molecule has 3 fully saturated rings. The van der Waals surface area contributed by atoms with Gasteiger partial charge in [0.25, 0.3) is 5.91 Å². The number of hydrogen-bond donors (Lipinski definition) is 3. The van der Waals surface area contributed by atoms with Crippen molar-refractivity contribution in [3.05, 3.63) is 42.6 Å². The summed E-state index contributed by atoms with van der Waals surface area (Å²) in [5.74, 6) is -3.88. The van der Waals surface area contributed by atoms with E-state index in [4.69, 9.17) is 9.47 Å². The maximum atomic E-state index is 15.0. The summed E-state index contributed by atoms with van der Waals surface area (Å²) < 4.78 is 83.1. The molecule has 14 nitrogen and oxygen atoms in total. The van der Waals surface area contributed by atoms with Crippen molar-refractivity contribution < 1.29 is 55.3 Å². The SMILES string of the molecule is COc1ccc2c(O[C@@H]3C[C@H]4C(=O)N[C@]5(C(=O)NS(=O)(=O)C6(C)CC6)C[C@H]5/C=C\CC[C@@H](C)C[C@@H](C)[C@H](N(C(=O)O)C(C)(C)C(F)(F)F)C(=O)N4C3)nccc2c1. The summed E-state index contributed by atoms with van der Waals surface area (Å²) in [4.78, 5) is 61.8. The first kappa shape index (κ1) is 42.0. The molecule has 2 aliphatic heterocycles. The zero-order chi connectivity index (χ0) is 41.9. The van der Waals surface area contributed by atoms with Crippen molar-refractivity contribution in [2.75, 3.05) is 13.7 Å². The van der Waals surface area contributed by atoms with Gasteiger partial charge in [0.05, 0.1) is 18.4 Å². The molecule has 6 rings (SSSR count). The van der Waals surface area contributed by atoms with Gasteiger partial charge in [-0.15, -0.1) is 0 Å². The van der Waals surface area contributed by atoms with Gasteiger partial charge in [0.15, 0.2) is 0 Å². The molecule has 2 aliphatic carbocycles. The van der Waals surface area contributed by atoms with Crippen LogP contribution in [0.15, 0.2) is 42.6 Å². The highest BCUT2D eigenvalue weighted by molar-refractivity contribution is 7.91. The number of nitrogens with one attached hydrogen (secondary N) is 2. The number of carbonyl (C=O) groups is 4. The second-order valence-corrected chi connectivity index (χ2v) is 19.0. The number of methoxy groups -OCH3 is 1. The Labute approximate surface area is 329 Å². The molecule has 18 heteroatoms. The normalized spacial score (nSPS) is 29.8. The van der Waals surface area contributed by atoms with Crippen molar-refractivity contribution in [3.63, 3.8) is 0 Å². The van der Waals surface area contributed by atoms with Crippen molar-refractivity contribution in [1.82, 2.24) is 24.8 Å². The maximum Gasteiger partial charge on any atom is 0.411 e. The fourth-order valence-corrected chi connectivity index (χ4v) is 9.40. The standard InChI is InChI=1S/C39H50F3N5O9S/c1-22-9-7-8-10-25-20-38(25,34(50)45-57(53,54)37(5)14-15-37)44-31(48)29-19-27(56-32-28-12-11-26(55-6)18-24(28)13-16-43-32)21-46(29)33(49)30(23(2)17-22)47(35(51)52)36(3,4)39(40,41)42/h8,10-13,16,18,22-23,25,27,29-30H,7,9,14-15,17,19-21H2,1-6H3,(H,44,48)(H,45,50)(H,51,52)/b10-8-/t22-,23-,25-,27-,29+,30+,38-/m1/s1. The largest absolute Gasteiger partial charge is 0.497 e. The molecule has 2 saturated carbocycles. The molecular weight excluding hydrogens is 772 g/mol. The number of carboxylic acid groups (broad SMARTS) is 1. The van der Waals surface area contributed by atoms with Crippen molar-refractivity contribution in [2.24, 2.45) is 17.8 Å². The fraction of sp³-hybridized carbons (Fsp3) is 0.615. The Hall–Kier alpha value is -4.61. The summed E-state index contributed by atoms with van der Waals surface area (Å²) in [5.41, 5.74) is -4.74. The number of amides is 4. The van der Waals surface area contributed by atoms with Crippen LogP contribution < -0.4 is 19.5 Å². The third kappa shape index (κ3) is 7.97. The van der Waals surface area contributed by atoms with Crippen LogP contribution in [0.5, 0.6) is 11.6 Å². The third-order valence-electron chi connectivity index (χ3n) is 12.2. The number of aromatic nitrogens is 1. The van der Waals surface area contributed by atoms with Crippen molar-refractivity contribution in [3.8, 4) is 11.6 Å². The van der Waals surface area contributed by atoms with Crippen LogP contribution in [-0.4, -0.2) is 106 Å². The Bertz CT molecular complexity index is 2070. The predicted molar refractivity (Wildman–Crippen MR) is 202 cm³/mol. The Morgan fingerprint density at radius 3 is 2.46 bits per heavy atom. The van der Waals surface area contributed by atoms with Gasteiger partial charge < -0.3 is 24.8 Å². The van der Waals surface area contributed by atoms with E-state index in [1.807, 2.05) is 6.92 Å². The van der Waals surface area contributed by atoms with E-state index in [0.717, 1.165) is 4.90 Å². The highest BCUT2D eigenvalue weighted by Gasteiger charge is 2.64. The Balaban J connectivity index is 1.42. The molecular formula is C39H50F3N5O9S. The van der Waals surface area contributed by atoms with Crippen LogP contribution >= 0.6 is 0 Å². The molecule has 2 aromatic rings. The number of halogens is 3. The van der Waals surface area contributed by atoms with Gasteiger partial charge in [0, 0.05) is 23.9 Å². The molecule has 0 unspecified atom stereocenters. The molecule has 3 N–H and O–H groups in total. The zero-order valence-electron chi connectivity index (χ0n) is 32.8. The molecule has 0 spiro atoms. The highest BCUT2D eigenvalue weighted by atomic mass is 32.2. The second kappa shape index (κ2) is 15.0. The molecule has 1 saturated heterocycles. The van der Waals surface area contributed by atoms with Gasteiger partial charge in [0.1, 0.15) is 35.0 Å². The number of ether oxygens (including phenoxy) is 2. The van der Waals surface area contributed by atoms with E-state index in [0.29, 0.717) is 56.1 Å². The van der Waals surface area contributed by atoms with Crippen LogP contribution in [0, 0.1) is 17.8 Å². The minimum atomic E-state index is -5.09. The van der Waals surface area contributed by atoms with Gasteiger partial charge in [0.2, 0.25) is 27.7 Å². The zero-order valence-corrected chi connectivity index (χ0v) is 33.6. The van der Waals surface area contributed by atoms with E-state index in [1.54, 1.807) is 36.4 Å².